The van der Waals surface area contributed by atoms with Gasteiger partial charge in [0.1, 0.15) is 12.6 Å². The number of carbonyl (C=O) groups excluding carboxylic acids is 4. The van der Waals surface area contributed by atoms with Gasteiger partial charge in [-0.2, -0.15) is 0 Å². The van der Waals surface area contributed by atoms with Crippen molar-refractivity contribution in [2.24, 2.45) is 0 Å². The van der Waals surface area contributed by atoms with Gasteiger partial charge in [0, 0.05) is 24.3 Å². The number of benzene rings is 3. The average Bonchev–Trinajstić information content (AvgIpc) is 3.09. The van der Waals surface area contributed by atoms with Gasteiger partial charge in [0.05, 0.1) is 19.2 Å². The maximum Gasteiger partial charge on any atom is 0.320 e. The third-order valence-corrected chi connectivity index (χ3v) is 6.89. The van der Waals surface area contributed by atoms with Crippen LogP contribution >= 0.6 is 0 Å². The molecule has 1 unspecified atom stereocenters. The lowest BCUT2D eigenvalue weighted by molar-refractivity contribution is -0.139. The predicted molar refractivity (Wildman–Crippen MR) is 158 cm³/mol. The Balaban J connectivity index is 1.68. The summed E-state index contributed by atoms with van der Waals surface area (Å²) in [5.74, 6) is -1.02. The number of urea groups is 1. The first kappa shape index (κ1) is 29.1. The van der Waals surface area contributed by atoms with E-state index < -0.39 is 23.9 Å². The van der Waals surface area contributed by atoms with Crippen molar-refractivity contribution in [3.05, 3.63) is 102 Å². The largest absolute Gasteiger partial charge is 0.469 e. The normalized spacial score (nSPS) is 14.3. The van der Waals surface area contributed by atoms with Crippen LogP contribution in [0.2, 0.25) is 0 Å². The minimum absolute atomic E-state index is 0.0612. The number of esters is 1. The molecular weight excluding hydrogens is 520 g/mol. The predicted octanol–water partition coefficient (Wildman–Crippen LogP) is 4.24. The molecule has 4 amide bonds. The van der Waals surface area contributed by atoms with Gasteiger partial charge in [-0.1, -0.05) is 60.7 Å². The van der Waals surface area contributed by atoms with Gasteiger partial charge < -0.3 is 25.2 Å². The molecule has 0 bridgehead atoms. The molecule has 0 aliphatic carbocycles. The van der Waals surface area contributed by atoms with E-state index in [9.17, 15) is 19.2 Å². The van der Waals surface area contributed by atoms with E-state index >= 15 is 0 Å². The fraction of sp³-hybridized carbons (Fsp3) is 0.250. The third kappa shape index (κ3) is 7.00. The molecule has 1 aliphatic heterocycles. The number of hydrogen-bond acceptors (Lipinski definition) is 5. The zero-order valence-corrected chi connectivity index (χ0v) is 23.4. The summed E-state index contributed by atoms with van der Waals surface area (Å²) in [6, 6.07) is 22.2. The van der Waals surface area contributed by atoms with Gasteiger partial charge in [-0.05, 0) is 54.8 Å². The van der Waals surface area contributed by atoms with E-state index in [1.807, 2.05) is 68.4 Å². The molecule has 0 saturated carbocycles. The summed E-state index contributed by atoms with van der Waals surface area (Å²) >= 11 is 0. The van der Waals surface area contributed by atoms with E-state index in [-0.39, 0.29) is 18.9 Å². The molecule has 3 aromatic rings. The molecule has 41 heavy (non-hydrogen) atoms. The number of nitrogens with one attached hydrogen (secondary N) is 2. The highest BCUT2D eigenvalue weighted by Crippen LogP contribution is 2.35. The highest BCUT2D eigenvalue weighted by Gasteiger charge is 2.33. The molecule has 3 aromatic carbocycles. The molecule has 0 radical (unpaired) electrons. The van der Waals surface area contributed by atoms with Gasteiger partial charge in [0.25, 0.3) is 5.91 Å². The van der Waals surface area contributed by atoms with Gasteiger partial charge in [-0.3, -0.25) is 14.4 Å². The number of hydrogen-bond donors (Lipinski definition) is 2. The summed E-state index contributed by atoms with van der Waals surface area (Å²) in [5.41, 5.74) is 4.12. The first-order valence-corrected chi connectivity index (χ1v) is 13.5. The Hall–Kier alpha value is -4.92. The second-order valence-corrected chi connectivity index (χ2v) is 9.48. The Bertz CT molecular complexity index is 1450. The van der Waals surface area contributed by atoms with Crippen LogP contribution in [0.25, 0.3) is 5.57 Å². The molecule has 1 heterocycles. The molecule has 0 aromatic heterocycles. The monoisotopic (exact) mass is 554 g/mol. The van der Waals surface area contributed by atoms with Crippen LogP contribution in [0.15, 0.2) is 84.9 Å². The lowest BCUT2D eigenvalue weighted by Gasteiger charge is -2.28. The van der Waals surface area contributed by atoms with Crippen molar-refractivity contribution in [1.29, 1.82) is 0 Å². The smallest absolute Gasteiger partial charge is 0.320 e. The van der Waals surface area contributed by atoms with Crippen LogP contribution < -0.4 is 15.5 Å². The first-order valence-electron chi connectivity index (χ1n) is 13.5. The lowest BCUT2D eigenvalue weighted by Crippen LogP contribution is -2.51. The van der Waals surface area contributed by atoms with Crippen LogP contribution in [-0.2, 0) is 25.5 Å². The fourth-order valence-corrected chi connectivity index (χ4v) is 4.80. The molecule has 1 aliphatic rings. The summed E-state index contributed by atoms with van der Waals surface area (Å²) in [4.78, 5) is 55.2. The van der Waals surface area contributed by atoms with Crippen molar-refractivity contribution in [2.45, 2.75) is 26.3 Å². The number of likely N-dealkylation sites (N-methyl/N-ethyl adjacent to an activating group) is 1. The van der Waals surface area contributed by atoms with Crippen molar-refractivity contribution in [2.75, 3.05) is 37.0 Å². The zero-order valence-electron chi connectivity index (χ0n) is 23.4. The van der Waals surface area contributed by atoms with Crippen LogP contribution in [-0.4, -0.2) is 61.5 Å². The topological polar surface area (TPSA) is 108 Å². The quantitative estimate of drug-likeness (QED) is 0.385. The van der Waals surface area contributed by atoms with Crippen LogP contribution in [0.5, 0.6) is 0 Å². The van der Waals surface area contributed by atoms with E-state index in [1.54, 1.807) is 35.2 Å². The number of ether oxygens (including phenoxy) is 1. The number of para-hydroxylation sites is 1. The first-order chi connectivity index (χ1) is 19.8. The van der Waals surface area contributed by atoms with E-state index in [2.05, 4.69) is 10.6 Å². The minimum atomic E-state index is -1.07. The van der Waals surface area contributed by atoms with E-state index in [0.29, 0.717) is 30.0 Å². The van der Waals surface area contributed by atoms with Gasteiger partial charge in [-0.25, -0.2) is 4.79 Å². The van der Waals surface area contributed by atoms with Crippen molar-refractivity contribution >= 4 is 40.8 Å². The standard InChI is InChI=1S/C32H34N4O5/c1-4-35(5-2)29(37)21-36-28-17-10-9-16-25(28)26(23-13-7-6-8-14-23)20-27(31(36)39)34-32(40)33-24-15-11-12-22(18-24)19-30(38)41-3/h6-18,20,27H,4-5,19,21H2,1-3H3,(H2,33,34,40). The number of fused-ring (bicyclic) bond motifs is 1. The highest BCUT2D eigenvalue weighted by molar-refractivity contribution is 6.09. The van der Waals surface area contributed by atoms with Crippen LogP contribution in [0, 0.1) is 0 Å². The number of nitrogens with zero attached hydrogens (tertiary/aromatic N) is 2. The van der Waals surface area contributed by atoms with Crippen molar-refractivity contribution in [1.82, 2.24) is 10.2 Å². The van der Waals surface area contributed by atoms with Crippen LogP contribution in [0.4, 0.5) is 16.2 Å². The number of rotatable bonds is 9. The number of methoxy groups -OCH3 is 1. The Labute approximate surface area is 239 Å². The third-order valence-electron chi connectivity index (χ3n) is 6.89. The SMILES string of the molecule is CCN(CC)C(=O)CN1C(=O)C(NC(=O)Nc2cccc(CC(=O)OC)c2)C=C(c2ccccc2)c2ccccc21. The van der Waals surface area contributed by atoms with Crippen LogP contribution in [0.1, 0.15) is 30.5 Å². The van der Waals surface area contributed by atoms with E-state index in [0.717, 1.165) is 16.7 Å². The summed E-state index contributed by atoms with van der Waals surface area (Å²) in [6.45, 7) is 4.66. The summed E-state index contributed by atoms with van der Waals surface area (Å²) in [6.07, 6.45) is 1.79. The fourth-order valence-electron chi connectivity index (χ4n) is 4.80. The summed E-state index contributed by atoms with van der Waals surface area (Å²) in [7, 11) is 1.32. The van der Waals surface area contributed by atoms with E-state index in [4.69, 9.17) is 4.74 Å². The summed E-state index contributed by atoms with van der Waals surface area (Å²) in [5, 5.41) is 5.54. The maximum atomic E-state index is 14.0. The van der Waals surface area contributed by atoms with Crippen molar-refractivity contribution in [3.8, 4) is 0 Å². The highest BCUT2D eigenvalue weighted by atomic mass is 16.5. The number of carbonyl (C=O) groups is 4. The van der Waals surface area contributed by atoms with E-state index in [1.165, 1.54) is 12.0 Å². The molecule has 1 atom stereocenters. The molecule has 2 N–H and O–H groups in total. The molecule has 9 nitrogen and oxygen atoms in total. The Morgan fingerprint density at radius 1 is 0.927 bits per heavy atom. The maximum absolute atomic E-state index is 14.0. The molecule has 0 spiro atoms. The average molecular weight is 555 g/mol. The second-order valence-electron chi connectivity index (χ2n) is 9.48. The van der Waals surface area contributed by atoms with Gasteiger partial charge in [-0.15, -0.1) is 0 Å². The molecule has 9 heteroatoms. The number of anilines is 2. The van der Waals surface area contributed by atoms with Gasteiger partial charge in [0.2, 0.25) is 5.91 Å². The Kier molecular flexibility index (Phi) is 9.52. The summed E-state index contributed by atoms with van der Waals surface area (Å²) < 4.78 is 4.72. The van der Waals surface area contributed by atoms with Crippen molar-refractivity contribution < 1.29 is 23.9 Å². The molecule has 0 fully saturated rings. The Morgan fingerprint density at radius 2 is 1.63 bits per heavy atom. The second kappa shape index (κ2) is 13.4. The minimum Gasteiger partial charge on any atom is -0.469 e. The zero-order chi connectivity index (χ0) is 29.4. The van der Waals surface area contributed by atoms with Gasteiger partial charge >= 0.3 is 12.0 Å². The molecular formula is C32H34N4O5. The van der Waals surface area contributed by atoms with Crippen molar-refractivity contribution in [3.63, 3.8) is 0 Å². The molecule has 212 valence electrons. The molecule has 4 rings (SSSR count). The van der Waals surface area contributed by atoms with Crippen LogP contribution in [0.3, 0.4) is 0 Å². The lowest BCUT2D eigenvalue weighted by atomic mass is 9.95. The number of amides is 4. The Morgan fingerprint density at radius 3 is 2.34 bits per heavy atom. The molecule has 0 saturated heterocycles. The van der Waals surface area contributed by atoms with Gasteiger partial charge in [0.15, 0.2) is 0 Å².